The number of carboxylic acid groups (broad SMARTS) is 1. The predicted octanol–water partition coefficient (Wildman–Crippen LogP) is 1.89. The van der Waals surface area contributed by atoms with Crippen molar-refractivity contribution in [2.24, 2.45) is 0 Å². The smallest absolute Gasteiger partial charge is 0.406 e. The van der Waals surface area contributed by atoms with Crippen molar-refractivity contribution in [3.05, 3.63) is 29.8 Å². The van der Waals surface area contributed by atoms with Crippen LogP contribution in [0.2, 0.25) is 0 Å². The van der Waals surface area contributed by atoms with Crippen LogP contribution in [0.15, 0.2) is 24.3 Å². The maximum atomic E-state index is 12.6. The average Bonchev–Trinajstić information content (AvgIpc) is 3.04. The van der Waals surface area contributed by atoms with Crippen molar-refractivity contribution in [1.82, 2.24) is 4.90 Å². The van der Waals surface area contributed by atoms with E-state index < -0.39 is 24.2 Å². The molecule has 1 saturated heterocycles. The van der Waals surface area contributed by atoms with E-state index in [4.69, 9.17) is 9.84 Å². The third-order valence-electron chi connectivity index (χ3n) is 3.04. The molecule has 0 aliphatic carbocycles. The first kappa shape index (κ1) is 13.7. The molecule has 2 rings (SSSR count). The highest BCUT2D eigenvalue weighted by Gasteiger charge is 2.66. The molecule has 0 aromatic heterocycles. The van der Waals surface area contributed by atoms with Crippen LogP contribution in [0, 0.1) is 0 Å². The maximum absolute atomic E-state index is 12.6. The van der Waals surface area contributed by atoms with Crippen molar-refractivity contribution in [1.29, 1.82) is 0 Å². The summed E-state index contributed by atoms with van der Waals surface area (Å²) in [6, 6.07) is 3.09. The molecule has 7 heteroatoms. The number of nitrogens with zero attached hydrogens (tertiary/aromatic N) is 1. The number of methoxy groups -OCH3 is 1. The molecule has 1 unspecified atom stereocenters. The van der Waals surface area contributed by atoms with Gasteiger partial charge in [0.15, 0.2) is 0 Å². The summed E-state index contributed by atoms with van der Waals surface area (Å²) in [4.78, 5) is 11.7. The molecule has 19 heavy (non-hydrogen) atoms. The van der Waals surface area contributed by atoms with Gasteiger partial charge in [-0.3, -0.25) is 9.69 Å². The van der Waals surface area contributed by atoms with Gasteiger partial charge in [0, 0.05) is 6.54 Å². The Labute approximate surface area is 107 Å². The molecule has 1 N–H and O–H groups in total. The highest BCUT2D eigenvalue weighted by atomic mass is 19.4. The minimum atomic E-state index is -4.52. The van der Waals surface area contributed by atoms with Crippen LogP contribution in [0.3, 0.4) is 0 Å². The molecule has 1 heterocycles. The average molecular weight is 275 g/mol. The molecule has 0 amide bonds. The fourth-order valence-electron chi connectivity index (χ4n) is 2.06. The number of hydrogen-bond acceptors (Lipinski definition) is 3. The zero-order valence-corrected chi connectivity index (χ0v) is 10.0. The Morgan fingerprint density at radius 1 is 1.37 bits per heavy atom. The largest absolute Gasteiger partial charge is 0.497 e. The summed E-state index contributed by atoms with van der Waals surface area (Å²) >= 11 is 0. The van der Waals surface area contributed by atoms with Crippen LogP contribution >= 0.6 is 0 Å². The first-order chi connectivity index (χ1) is 8.84. The Morgan fingerprint density at radius 2 is 1.95 bits per heavy atom. The number of aliphatic carboxylic acids is 1. The fourth-order valence-corrected chi connectivity index (χ4v) is 2.06. The van der Waals surface area contributed by atoms with Crippen LogP contribution in [0.5, 0.6) is 5.75 Å². The van der Waals surface area contributed by atoms with Gasteiger partial charge in [0.25, 0.3) is 0 Å². The molecule has 1 aliphatic heterocycles. The molecule has 3 atom stereocenters. The SMILES string of the molecule is COc1ccc(CN2[C@H](C(F)(F)F)[C@@H]2C(=O)O)cc1. The summed E-state index contributed by atoms with van der Waals surface area (Å²) in [6.45, 7) is -0.0505. The second-order valence-corrected chi connectivity index (χ2v) is 4.29. The summed E-state index contributed by atoms with van der Waals surface area (Å²) in [6.07, 6.45) is -4.52. The molecule has 1 fully saturated rings. The van der Waals surface area contributed by atoms with Crippen molar-refractivity contribution in [2.45, 2.75) is 24.8 Å². The van der Waals surface area contributed by atoms with Gasteiger partial charge in [-0.15, -0.1) is 0 Å². The Bertz CT molecular complexity index is 472. The van der Waals surface area contributed by atoms with E-state index in [1.54, 1.807) is 24.3 Å². The molecule has 1 aromatic carbocycles. The van der Waals surface area contributed by atoms with Gasteiger partial charge in [-0.05, 0) is 17.7 Å². The van der Waals surface area contributed by atoms with E-state index in [0.717, 1.165) is 4.90 Å². The second kappa shape index (κ2) is 4.73. The lowest BCUT2D eigenvalue weighted by Crippen LogP contribution is -2.23. The standard InChI is InChI=1S/C12H12F3NO3/c1-19-8-4-2-7(3-5-8)6-16-9(11(17)18)10(16)12(13,14)15/h2-5,9-10H,6H2,1H3,(H,17,18)/t9-,10+,16?/m1/s1. The lowest BCUT2D eigenvalue weighted by Gasteiger charge is -2.07. The van der Waals surface area contributed by atoms with E-state index in [1.165, 1.54) is 7.11 Å². The number of carboxylic acids is 1. The van der Waals surface area contributed by atoms with Crippen LogP contribution in [0.4, 0.5) is 13.2 Å². The van der Waals surface area contributed by atoms with Crippen molar-refractivity contribution in [2.75, 3.05) is 7.11 Å². The Hall–Kier alpha value is -1.76. The first-order valence-electron chi connectivity index (χ1n) is 5.53. The lowest BCUT2D eigenvalue weighted by atomic mass is 10.2. The molecule has 1 aromatic rings. The van der Waals surface area contributed by atoms with Gasteiger partial charge in [-0.2, -0.15) is 13.2 Å². The minimum Gasteiger partial charge on any atom is -0.497 e. The van der Waals surface area contributed by atoms with Crippen LogP contribution in [0.1, 0.15) is 5.56 Å². The van der Waals surface area contributed by atoms with E-state index in [-0.39, 0.29) is 6.54 Å². The molecule has 0 bridgehead atoms. The van der Waals surface area contributed by atoms with E-state index in [0.29, 0.717) is 11.3 Å². The highest BCUT2D eigenvalue weighted by molar-refractivity contribution is 5.78. The van der Waals surface area contributed by atoms with Gasteiger partial charge in [0.2, 0.25) is 0 Å². The summed E-state index contributed by atoms with van der Waals surface area (Å²) in [7, 11) is 1.49. The van der Waals surface area contributed by atoms with Crippen LogP contribution in [-0.4, -0.2) is 41.3 Å². The maximum Gasteiger partial charge on any atom is 0.406 e. The summed E-state index contributed by atoms with van der Waals surface area (Å²) in [5.41, 5.74) is 0.610. The van der Waals surface area contributed by atoms with Crippen LogP contribution < -0.4 is 4.74 Å². The van der Waals surface area contributed by atoms with Crippen molar-refractivity contribution < 1.29 is 27.8 Å². The zero-order chi connectivity index (χ0) is 14.2. The van der Waals surface area contributed by atoms with Crippen molar-refractivity contribution in [3.63, 3.8) is 0 Å². The quantitative estimate of drug-likeness (QED) is 0.853. The first-order valence-corrected chi connectivity index (χ1v) is 5.53. The van der Waals surface area contributed by atoms with Crippen molar-refractivity contribution >= 4 is 5.97 Å². The highest BCUT2D eigenvalue weighted by Crippen LogP contribution is 2.42. The summed E-state index contributed by atoms with van der Waals surface area (Å²) in [5.74, 6) is -0.854. The molecule has 0 saturated carbocycles. The monoisotopic (exact) mass is 275 g/mol. The van der Waals surface area contributed by atoms with Gasteiger partial charge in [-0.1, -0.05) is 12.1 Å². The third-order valence-corrected chi connectivity index (χ3v) is 3.04. The minimum absolute atomic E-state index is 0.0505. The van der Waals surface area contributed by atoms with Gasteiger partial charge in [0.1, 0.15) is 17.8 Å². The third kappa shape index (κ3) is 2.81. The van der Waals surface area contributed by atoms with E-state index >= 15 is 0 Å². The molecule has 0 spiro atoms. The molecule has 4 nitrogen and oxygen atoms in total. The number of hydrogen-bond donors (Lipinski definition) is 1. The fraction of sp³-hybridized carbons (Fsp3) is 0.417. The molecular weight excluding hydrogens is 263 g/mol. The molecule has 104 valence electrons. The van der Waals surface area contributed by atoms with Gasteiger partial charge >= 0.3 is 12.1 Å². The Balaban J connectivity index is 2.08. The van der Waals surface area contributed by atoms with Gasteiger partial charge in [-0.25, -0.2) is 0 Å². The summed E-state index contributed by atoms with van der Waals surface area (Å²) in [5, 5.41) is 8.76. The van der Waals surface area contributed by atoms with Gasteiger partial charge < -0.3 is 9.84 Å². The van der Waals surface area contributed by atoms with Crippen LogP contribution in [0.25, 0.3) is 0 Å². The summed E-state index contributed by atoms with van der Waals surface area (Å²) < 4.78 is 42.7. The van der Waals surface area contributed by atoms with E-state index in [2.05, 4.69) is 0 Å². The number of ether oxygens (including phenoxy) is 1. The number of halogens is 3. The van der Waals surface area contributed by atoms with Crippen LogP contribution in [-0.2, 0) is 11.3 Å². The van der Waals surface area contributed by atoms with E-state index in [9.17, 15) is 18.0 Å². The topological polar surface area (TPSA) is 49.5 Å². The lowest BCUT2D eigenvalue weighted by molar-refractivity contribution is -0.145. The normalized spacial score (nSPS) is 26.0. The predicted molar refractivity (Wildman–Crippen MR) is 59.8 cm³/mol. The van der Waals surface area contributed by atoms with Gasteiger partial charge in [0.05, 0.1) is 7.11 Å². The number of carbonyl (C=O) groups is 1. The molecule has 1 aliphatic rings. The Kier molecular flexibility index (Phi) is 3.40. The number of alkyl halides is 3. The molecular formula is C12H12F3NO3. The molecule has 0 radical (unpaired) electrons. The second-order valence-electron chi connectivity index (χ2n) is 4.29. The van der Waals surface area contributed by atoms with Crippen molar-refractivity contribution in [3.8, 4) is 5.75 Å². The number of benzene rings is 1. The Morgan fingerprint density at radius 3 is 2.32 bits per heavy atom. The zero-order valence-electron chi connectivity index (χ0n) is 10.0. The van der Waals surface area contributed by atoms with E-state index in [1.807, 2.05) is 0 Å². The number of rotatable bonds is 4.